The van der Waals surface area contributed by atoms with Gasteiger partial charge in [0, 0.05) is 6.42 Å². The quantitative estimate of drug-likeness (QED) is 0.177. The highest BCUT2D eigenvalue weighted by molar-refractivity contribution is 7.48. The summed E-state index contributed by atoms with van der Waals surface area (Å²) in [6.07, 6.45) is -4.57. The Morgan fingerprint density at radius 3 is 2.29 bits per heavy atom. The molecule has 2 aromatic heterocycles. The van der Waals surface area contributed by atoms with E-state index in [1.807, 2.05) is 0 Å². The van der Waals surface area contributed by atoms with Crippen LogP contribution in [-0.2, 0) is 41.8 Å². The summed E-state index contributed by atoms with van der Waals surface area (Å²) in [6, 6.07) is 0. The molecule has 230 valence electrons. The number of hydrogen-bond acceptors (Lipinski definition) is 16. The number of fused-ring (bicyclic) bond motifs is 1. The summed E-state index contributed by atoms with van der Waals surface area (Å²) < 4.78 is 69.0. The number of carbonyl (C=O) groups is 2. The lowest BCUT2D eigenvalue weighted by atomic mass is 9.99. The molecule has 1 aliphatic rings. The Hall–Kier alpha value is -3.35. The number of nitrogen functional groups attached to an aromatic ring is 1. The number of anilines is 1. The number of phosphoric acid groups is 1. The molecule has 2 aromatic rings. The highest BCUT2D eigenvalue weighted by Crippen LogP contribution is 2.53. The summed E-state index contributed by atoms with van der Waals surface area (Å²) in [5.74, 6) is -3.08. The van der Waals surface area contributed by atoms with Gasteiger partial charge in [-0.1, -0.05) is 0 Å². The minimum absolute atomic E-state index is 0.102. The number of alkyl halides is 1. The van der Waals surface area contributed by atoms with Crippen LogP contribution in [0.3, 0.4) is 0 Å². The average Bonchev–Trinajstić information content (AvgIpc) is 3.34. The zero-order valence-corrected chi connectivity index (χ0v) is 23.6. The molecular weight excluding hydrogens is 580 g/mol. The van der Waals surface area contributed by atoms with Crippen molar-refractivity contribution in [1.29, 1.82) is 0 Å². The third-order valence-electron chi connectivity index (χ3n) is 5.06. The van der Waals surface area contributed by atoms with E-state index in [2.05, 4.69) is 24.4 Å². The number of aromatic amines is 1. The number of imidazole rings is 1. The molecule has 20 heteroatoms. The number of rotatable bonds is 12. The van der Waals surface area contributed by atoms with E-state index < -0.39 is 82.2 Å². The first-order chi connectivity index (χ1) is 19.0. The first-order valence-electron chi connectivity index (χ1n) is 12.0. The number of ether oxygens (including phenoxy) is 5. The highest BCUT2D eigenvalue weighted by Gasteiger charge is 2.56. The standard InChI is InChI=1S/C21H31FN5O13P/c1-11(2)38-18(29)33-9-36-41(32,37-10-34-19(30)39-12(3)4)35-7-21(22)6-20(5,31)16(40-21)27-8-24-13-14(27)25-17(23)26-15(13)28/h8,11-12,16,31H,6-7,9-10H2,1-5H3,(H3,23,25,26,28)/t16-,20-,21+/m1/s1. The maximum Gasteiger partial charge on any atom is 0.510 e. The van der Waals surface area contributed by atoms with E-state index in [9.17, 15) is 24.1 Å². The zero-order valence-electron chi connectivity index (χ0n) is 22.7. The van der Waals surface area contributed by atoms with E-state index in [1.165, 1.54) is 6.92 Å². The molecule has 3 atom stereocenters. The van der Waals surface area contributed by atoms with Gasteiger partial charge >= 0.3 is 20.1 Å². The van der Waals surface area contributed by atoms with Crippen LogP contribution in [0.4, 0.5) is 19.9 Å². The second kappa shape index (κ2) is 12.7. The number of hydrogen-bond donors (Lipinski definition) is 3. The van der Waals surface area contributed by atoms with Crippen LogP contribution >= 0.6 is 7.82 Å². The second-order valence-electron chi connectivity index (χ2n) is 9.50. The van der Waals surface area contributed by atoms with Gasteiger partial charge < -0.3 is 34.5 Å². The first kappa shape index (κ1) is 32.2. The number of aliphatic hydroxyl groups is 1. The van der Waals surface area contributed by atoms with Crippen LogP contribution in [0.15, 0.2) is 11.1 Å². The molecule has 1 fully saturated rings. The van der Waals surface area contributed by atoms with E-state index in [0.717, 1.165) is 10.9 Å². The molecule has 41 heavy (non-hydrogen) atoms. The van der Waals surface area contributed by atoms with E-state index in [0.29, 0.717) is 0 Å². The van der Waals surface area contributed by atoms with E-state index in [-0.39, 0.29) is 17.1 Å². The summed E-state index contributed by atoms with van der Waals surface area (Å²) >= 11 is 0. The predicted molar refractivity (Wildman–Crippen MR) is 133 cm³/mol. The number of halogens is 1. The fraction of sp³-hybridized carbons (Fsp3) is 0.667. The molecule has 1 saturated heterocycles. The van der Waals surface area contributed by atoms with Crippen LogP contribution in [0.1, 0.15) is 47.3 Å². The number of phosphoric ester groups is 1. The Morgan fingerprint density at radius 2 is 1.76 bits per heavy atom. The largest absolute Gasteiger partial charge is 0.510 e. The molecule has 0 aromatic carbocycles. The van der Waals surface area contributed by atoms with Crippen LogP contribution in [0.25, 0.3) is 11.2 Å². The molecule has 0 saturated carbocycles. The Bertz CT molecular complexity index is 1320. The fourth-order valence-electron chi connectivity index (χ4n) is 3.56. The van der Waals surface area contributed by atoms with Gasteiger partial charge in [-0.2, -0.15) is 4.98 Å². The molecule has 18 nitrogen and oxygen atoms in total. The monoisotopic (exact) mass is 611 g/mol. The molecule has 0 bridgehead atoms. The van der Waals surface area contributed by atoms with Crippen molar-refractivity contribution in [3.63, 3.8) is 0 Å². The van der Waals surface area contributed by atoms with Crippen molar-refractivity contribution in [2.24, 2.45) is 0 Å². The van der Waals surface area contributed by atoms with Crippen molar-refractivity contribution in [3.8, 4) is 0 Å². The van der Waals surface area contributed by atoms with E-state index >= 15 is 4.39 Å². The van der Waals surface area contributed by atoms with Gasteiger partial charge in [0.05, 0.1) is 18.5 Å². The van der Waals surface area contributed by atoms with Crippen LogP contribution in [-0.4, -0.2) is 80.8 Å². The molecule has 0 amide bonds. The van der Waals surface area contributed by atoms with Crippen LogP contribution in [0.2, 0.25) is 0 Å². The van der Waals surface area contributed by atoms with Crippen molar-refractivity contribution in [2.45, 2.75) is 70.9 Å². The van der Waals surface area contributed by atoms with Crippen molar-refractivity contribution >= 4 is 37.2 Å². The maximum atomic E-state index is 15.8. The average molecular weight is 611 g/mol. The van der Waals surface area contributed by atoms with Crippen molar-refractivity contribution in [3.05, 3.63) is 16.7 Å². The Labute approximate surface area is 231 Å². The topological polar surface area (TPSA) is 235 Å². The predicted octanol–water partition coefficient (Wildman–Crippen LogP) is 2.23. The number of nitrogens with two attached hydrogens (primary N) is 1. The lowest BCUT2D eigenvalue weighted by Gasteiger charge is -2.24. The molecule has 1 aliphatic heterocycles. The molecular formula is C21H31FN5O13P. The lowest BCUT2D eigenvalue weighted by Crippen LogP contribution is -2.33. The third kappa shape index (κ3) is 8.57. The Balaban J connectivity index is 1.72. The van der Waals surface area contributed by atoms with Crippen LogP contribution in [0.5, 0.6) is 0 Å². The van der Waals surface area contributed by atoms with Gasteiger partial charge in [0.2, 0.25) is 25.4 Å². The minimum atomic E-state index is -4.83. The minimum Gasteiger partial charge on any atom is -0.432 e. The van der Waals surface area contributed by atoms with Crippen LogP contribution in [0, 0.1) is 0 Å². The normalized spacial score (nSPS) is 22.8. The van der Waals surface area contributed by atoms with Gasteiger partial charge in [-0.05, 0) is 34.6 Å². The van der Waals surface area contributed by atoms with E-state index in [4.69, 9.17) is 33.5 Å². The molecule has 0 radical (unpaired) electrons. The van der Waals surface area contributed by atoms with Crippen molar-refractivity contribution < 1.29 is 60.9 Å². The van der Waals surface area contributed by atoms with E-state index in [1.54, 1.807) is 27.7 Å². The summed E-state index contributed by atoms with van der Waals surface area (Å²) in [6.45, 7) is 4.22. The second-order valence-corrected chi connectivity index (χ2v) is 11.2. The number of aromatic nitrogens is 4. The molecule has 3 rings (SSSR count). The molecule has 4 N–H and O–H groups in total. The molecule has 0 aliphatic carbocycles. The fourth-order valence-corrected chi connectivity index (χ4v) is 4.50. The molecule has 0 unspecified atom stereocenters. The van der Waals surface area contributed by atoms with Crippen molar-refractivity contribution in [1.82, 2.24) is 19.5 Å². The maximum absolute atomic E-state index is 15.8. The number of nitrogens with one attached hydrogen (secondary N) is 1. The van der Waals surface area contributed by atoms with Gasteiger partial charge in [0.15, 0.2) is 17.4 Å². The molecule has 3 heterocycles. The summed E-state index contributed by atoms with van der Waals surface area (Å²) in [5.41, 5.74) is 2.73. The zero-order chi connectivity index (χ0) is 30.6. The van der Waals surface area contributed by atoms with Crippen LogP contribution < -0.4 is 11.3 Å². The van der Waals surface area contributed by atoms with Gasteiger partial charge in [0.1, 0.15) is 12.2 Å². The van der Waals surface area contributed by atoms with Crippen molar-refractivity contribution in [2.75, 3.05) is 25.9 Å². The summed E-state index contributed by atoms with van der Waals surface area (Å²) in [5, 5.41) is 10.9. The van der Waals surface area contributed by atoms with Gasteiger partial charge in [0.25, 0.3) is 5.56 Å². The summed E-state index contributed by atoms with van der Waals surface area (Å²) in [4.78, 5) is 45.4. The SMILES string of the molecule is CC(C)OC(=O)OCOP(=O)(OCOC(=O)OC(C)C)OC[C@]1(F)C[C@@](C)(O)[C@H](n2cnc3c(=O)[nH]c(N)nc32)O1. The number of H-pyrrole nitrogens is 1. The third-order valence-corrected chi connectivity index (χ3v) is 6.35. The smallest absolute Gasteiger partial charge is 0.432 e. The molecule has 0 spiro atoms. The number of carbonyl (C=O) groups excluding carboxylic acids is 2. The Morgan fingerprint density at radius 1 is 1.20 bits per heavy atom. The number of nitrogens with zero attached hydrogens (tertiary/aromatic N) is 3. The first-order valence-corrected chi connectivity index (χ1v) is 13.5. The summed E-state index contributed by atoms with van der Waals surface area (Å²) in [7, 11) is -4.83. The highest BCUT2D eigenvalue weighted by atomic mass is 31.2. The van der Waals surface area contributed by atoms with Gasteiger partial charge in [-0.15, -0.1) is 0 Å². The van der Waals surface area contributed by atoms with Gasteiger partial charge in [-0.25, -0.2) is 32.6 Å². The Kier molecular flexibility index (Phi) is 9.94. The van der Waals surface area contributed by atoms with Gasteiger partial charge in [-0.3, -0.25) is 18.9 Å². The lowest BCUT2D eigenvalue weighted by molar-refractivity contribution is -0.184.